The Morgan fingerprint density at radius 2 is 2.27 bits per heavy atom. The van der Waals surface area contributed by atoms with Crippen LogP contribution in [0.4, 0.5) is 0 Å². The van der Waals surface area contributed by atoms with Crippen molar-refractivity contribution in [3.63, 3.8) is 0 Å². The van der Waals surface area contributed by atoms with Crippen LogP contribution in [0, 0.1) is 0 Å². The topological polar surface area (TPSA) is 46.1 Å². The number of nitrogens with zero attached hydrogens (tertiary/aromatic N) is 1. The van der Waals surface area contributed by atoms with Gasteiger partial charge in [-0.05, 0) is 19.1 Å². The Labute approximate surface area is 90.7 Å². The van der Waals surface area contributed by atoms with Gasteiger partial charge in [0.05, 0.1) is 0 Å². The number of carbonyl (C=O) groups excluding carboxylic acids is 1. The lowest BCUT2D eigenvalue weighted by Gasteiger charge is -2.08. The number of aryl methyl sites for hydroxylation is 1. The maximum absolute atomic E-state index is 10.6. The molecule has 0 radical (unpaired) electrons. The number of carbonyl (C=O) groups is 1. The summed E-state index contributed by atoms with van der Waals surface area (Å²) in [4.78, 5) is 10.6. The second-order valence-corrected chi connectivity index (χ2v) is 3.45. The second kappa shape index (κ2) is 6.24. The normalized spacial score (nSPS) is 10.3. The van der Waals surface area contributed by atoms with Gasteiger partial charge in [-0.1, -0.05) is 0 Å². The fourth-order valence-electron chi connectivity index (χ4n) is 1.46. The largest absolute Gasteiger partial charge is 0.355 e. The smallest absolute Gasteiger partial charge is 0.216 e. The summed E-state index contributed by atoms with van der Waals surface area (Å²) in [5.74, 6) is 0.0220. The summed E-state index contributed by atoms with van der Waals surface area (Å²) in [6.45, 7) is 6.98. The lowest BCUT2D eigenvalue weighted by Crippen LogP contribution is -2.30. The molecular formula is C11H19N3O. The first-order chi connectivity index (χ1) is 7.24. The van der Waals surface area contributed by atoms with Crippen molar-refractivity contribution in [2.24, 2.45) is 0 Å². The van der Waals surface area contributed by atoms with Crippen LogP contribution >= 0.6 is 0 Å². The van der Waals surface area contributed by atoms with Crippen LogP contribution < -0.4 is 10.6 Å². The van der Waals surface area contributed by atoms with Gasteiger partial charge in [-0.2, -0.15) is 0 Å². The molecule has 0 unspecified atom stereocenters. The fraction of sp³-hybridized carbons (Fsp3) is 0.545. The summed E-state index contributed by atoms with van der Waals surface area (Å²) >= 11 is 0. The molecule has 0 saturated carbocycles. The average molecular weight is 209 g/mol. The summed E-state index contributed by atoms with van der Waals surface area (Å²) in [5, 5.41) is 6.03. The summed E-state index contributed by atoms with van der Waals surface area (Å²) < 4.78 is 2.20. The Morgan fingerprint density at radius 3 is 2.93 bits per heavy atom. The van der Waals surface area contributed by atoms with Crippen LogP contribution in [0.15, 0.2) is 18.3 Å². The predicted molar refractivity (Wildman–Crippen MR) is 60.5 cm³/mol. The first-order valence-electron chi connectivity index (χ1n) is 5.33. The van der Waals surface area contributed by atoms with E-state index in [0.29, 0.717) is 6.54 Å². The molecule has 1 aromatic rings. The number of nitrogens with one attached hydrogen (secondary N) is 2. The van der Waals surface area contributed by atoms with E-state index >= 15 is 0 Å². The predicted octanol–water partition coefficient (Wildman–Crippen LogP) is 0.734. The van der Waals surface area contributed by atoms with Crippen LogP contribution in [0.25, 0.3) is 0 Å². The van der Waals surface area contributed by atoms with Crippen molar-refractivity contribution in [3.05, 3.63) is 24.0 Å². The molecule has 1 heterocycles. The van der Waals surface area contributed by atoms with Crippen LogP contribution in [0.3, 0.4) is 0 Å². The zero-order valence-electron chi connectivity index (χ0n) is 9.42. The molecule has 1 aromatic heterocycles. The molecule has 15 heavy (non-hydrogen) atoms. The van der Waals surface area contributed by atoms with Gasteiger partial charge in [0.1, 0.15) is 0 Å². The molecule has 0 fully saturated rings. The molecule has 2 N–H and O–H groups in total. The summed E-state index contributed by atoms with van der Waals surface area (Å²) in [6.07, 6.45) is 2.07. The van der Waals surface area contributed by atoms with Gasteiger partial charge in [0.15, 0.2) is 0 Å². The summed E-state index contributed by atoms with van der Waals surface area (Å²) in [6, 6.07) is 4.16. The average Bonchev–Trinajstić information content (AvgIpc) is 2.64. The lowest BCUT2D eigenvalue weighted by molar-refractivity contribution is -0.118. The van der Waals surface area contributed by atoms with Crippen molar-refractivity contribution < 1.29 is 4.79 Å². The van der Waals surface area contributed by atoms with Crippen LogP contribution in [0.2, 0.25) is 0 Å². The van der Waals surface area contributed by atoms with Gasteiger partial charge in [-0.25, -0.2) is 0 Å². The first-order valence-corrected chi connectivity index (χ1v) is 5.33. The van der Waals surface area contributed by atoms with E-state index in [9.17, 15) is 4.79 Å². The highest BCUT2D eigenvalue weighted by molar-refractivity contribution is 5.72. The molecule has 1 rings (SSSR count). The fourth-order valence-corrected chi connectivity index (χ4v) is 1.46. The molecule has 1 amide bonds. The van der Waals surface area contributed by atoms with Crippen molar-refractivity contribution in [1.29, 1.82) is 0 Å². The van der Waals surface area contributed by atoms with Gasteiger partial charge in [-0.3, -0.25) is 4.79 Å². The number of hydrogen-bond donors (Lipinski definition) is 2. The van der Waals surface area contributed by atoms with Crippen molar-refractivity contribution in [2.75, 3.05) is 13.1 Å². The Bertz CT molecular complexity index is 307. The molecule has 0 atom stereocenters. The van der Waals surface area contributed by atoms with E-state index in [2.05, 4.69) is 34.4 Å². The zero-order valence-corrected chi connectivity index (χ0v) is 9.42. The van der Waals surface area contributed by atoms with Crippen molar-refractivity contribution in [3.8, 4) is 0 Å². The Balaban J connectivity index is 2.17. The standard InChI is InChI=1S/C11H19N3O/c1-3-14-8-4-5-11(14)9-12-6-7-13-10(2)15/h4-5,8,12H,3,6-7,9H2,1-2H3,(H,13,15). The molecule has 0 aliphatic heterocycles. The lowest BCUT2D eigenvalue weighted by atomic mass is 10.4. The van der Waals surface area contributed by atoms with E-state index in [0.717, 1.165) is 19.6 Å². The van der Waals surface area contributed by atoms with Gasteiger partial charge in [0.25, 0.3) is 0 Å². The number of rotatable bonds is 6. The molecular weight excluding hydrogens is 190 g/mol. The highest BCUT2D eigenvalue weighted by Crippen LogP contribution is 2.00. The SMILES string of the molecule is CCn1cccc1CNCCNC(C)=O. The molecule has 4 heteroatoms. The molecule has 0 saturated heterocycles. The molecule has 4 nitrogen and oxygen atoms in total. The zero-order chi connectivity index (χ0) is 11.1. The van der Waals surface area contributed by atoms with E-state index in [1.807, 2.05) is 6.07 Å². The van der Waals surface area contributed by atoms with Gasteiger partial charge >= 0.3 is 0 Å². The van der Waals surface area contributed by atoms with E-state index in [1.165, 1.54) is 12.6 Å². The van der Waals surface area contributed by atoms with Gasteiger partial charge in [-0.15, -0.1) is 0 Å². The van der Waals surface area contributed by atoms with Gasteiger partial charge in [0.2, 0.25) is 5.91 Å². The third-order valence-corrected chi connectivity index (χ3v) is 2.25. The van der Waals surface area contributed by atoms with Crippen LogP contribution in [-0.2, 0) is 17.9 Å². The monoisotopic (exact) mass is 209 g/mol. The molecule has 0 aliphatic rings. The second-order valence-electron chi connectivity index (χ2n) is 3.45. The molecule has 0 aliphatic carbocycles. The first kappa shape index (κ1) is 11.8. The molecule has 84 valence electrons. The van der Waals surface area contributed by atoms with E-state index in [4.69, 9.17) is 0 Å². The third kappa shape index (κ3) is 4.16. The quantitative estimate of drug-likeness (QED) is 0.679. The number of amides is 1. The number of aromatic nitrogens is 1. The maximum Gasteiger partial charge on any atom is 0.216 e. The van der Waals surface area contributed by atoms with Gasteiger partial charge in [0, 0.05) is 45.0 Å². The van der Waals surface area contributed by atoms with E-state index < -0.39 is 0 Å². The minimum Gasteiger partial charge on any atom is -0.355 e. The van der Waals surface area contributed by atoms with E-state index in [-0.39, 0.29) is 5.91 Å². The minimum absolute atomic E-state index is 0.0220. The van der Waals surface area contributed by atoms with Crippen molar-refractivity contribution in [1.82, 2.24) is 15.2 Å². The minimum atomic E-state index is 0.0220. The highest BCUT2D eigenvalue weighted by atomic mass is 16.1. The summed E-state index contributed by atoms with van der Waals surface area (Å²) in [5.41, 5.74) is 1.28. The van der Waals surface area contributed by atoms with Crippen LogP contribution in [0.1, 0.15) is 19.5 Å². The Morgan fingerprint density at radius 1 is 1.47 bits per heavy atom. The van der Waals surface area contributed by atoms with Crippen LogP contribution in [0.5, 0.6) is 0 Å². The Kier molecular flexibility index (Phi) is 4.90. The molecule has 0 bridgehead atoms. The van der Waals surface area contributed by atoms with Crippen molar-refractivity contribution in [2.45, 2.75) is 26.9 Å². The van der Waals surface area contributed by atoms with Crippen LogP contribution in [-0.4, -0.2) is 23.6 Å². The molecule has 0 spiro atoms. The maximum atomic E-state index is 10.6. The third-order valence-electron chi connectivity index (χ3n) is 2.25. The Hall–Kier alpha value is -1.29. The van der Waals surface area contributed by atoms with Gasteiger partial charge < -0.3 is 15.2 Å². The summed E-state index contributed by atoms with van der Waals surface area (Å²) in [7, 11) is 0. The van der Waals surface area contributed by atoms with E-state index in [1.54, 1.807) is 0 Å². The highest BCUT2D eigenvalue weighted by Gasteiger charge is 1.97. The molecule has 0 aromatic carbocycles. The number of hydrogen-bond acceptors (Lipinski definition) is 2. The van der Waals surface area contributed by atoms with Crippen molar-refractivity contribution >= 4 is 5.91 Å².